The predicted molar refractivity (Wildman–Crippen MR) is 115 cm³/mol. The lowest BCUT2D eigenvalue weighted by Gasteiger charge is -2.10. The first kappa shape index (κ1) is 20.0. The summed E-state index contributed by atoms with van der Waals surface area (Å²) in [5.41, 5.74) is 3.83. The number of methoxy groups -OCH3 is 2. The molecule has 0 aliphatic carbocycles. The Balaban J connectivity index is 1.73. The molecule has 1 aromatic heterocycles. The Morgan fingerprint density at radius 2 is 2.04 bits per heavy atom. The number of halogens is 1. The zero-order valence-electron chi connectivity index (χ0n) is 15.6. The minimum Gasteiger partial charge on any atom is -0.494 e. The van der Waals surface area contributed by atoms with E-state index in [1.54, 1.807) is 38.5 Å². The molecule has 0 saturated carbocycles. The molecule has 28 heavy (non-hydrogen) atoms. The van der Waals surface area contributed by atoms with Gasteiger partial charge in [-0.3, -0.25) is 4.79 Å². The van der Waals surface area contributed by atoms with Gasteiger partial charge in [0.2, 0.25) is 0 Å². The van der Waals surface area contributed by atoms with Gasteiger partial charge in [-0.15, -0.1) is 0 Å². The Bertz CT molecular complexity index is 1030. The van der Waals surface area contributed by atoms with Crippen LogP contribution < -0.4 is 19.6 Å². The molecule has 8 heteroatoms. The second-order valence-electron chi connectivity index (χ2n) is 5.68. The molecule has 0 spiro atoms. The molecule has 1 heterocycles. The quantitative estimate of drug-likeness (QED) is 0.302. The van der Waals surface area contributed by atoms with Gasteiger partial charge in [-0.05, 0) is 71.5 Å². The molecule has 1 amide bonds. The standard InChI is InChI=1S/C20H19IN2O5/c1-4-27-14-5-6-16-13(9-14)10-18(28-16)20(24)23-22-11-12-7-15(21)19(26-3)17(8-12)25-2/h5-11H,4H2,1-3H3,(H,23,24)/b22-11+. The van der Waals surface area contributed by atoms with Crippen molar-refractivity contribution >= 4 is 45.7 Å². The monoisotopic (exact) mass is 494 g/mol. The van der Waals surface area contributed by atoms with Gasteiger partial charge >= 0.3 is 5.91 Å². The van der Waals surface area contributed by atoms with Crippen LogP contribution in [0.5, 0.6) is 17.2 Å². The van der Waals surface area contributed by atoms with Gasteiger partial charge in [0.1, 0.15) is 11.3 Å². The highest BCUT2D eigenvalue weighted by molar-refractivity contribution is 14.1. The number of carbonyl (C=O) groups excluding carboxylic acids is 1. The molecule has 0 aliphatic rings. The highest BCUT2D eigenvalue weighted by Crippen LogP contribution is 2.33. The van der Waals surface area contributed by atoms with E-state index < -0.39 is 5.91 Å². The van der Waals surface area contributed by atoms with Crippen LogP contribution in [0.15, 0.2) is 45.9 Å². The summed E-state index contributed by atoms with van der Waals surface area (Å²) in [6.45, 7) is 2.48. The van der Waals surface area contributed by atoms with Gasteiger partial charge in [0.25, 0.3) is 0 Å². The van der Waals surface area contributed by atoms with Crippen molar-refractivity contribution in [1.82, 2.24) is 5.43 Å². The van der Waals surface area contributed by atoms with E-state index in [1.807, 2.05) is 19.1 Å². The summed E-state index contributed by atoms with van der Waals surface area (Å²) in [5, 5.41) is 4.78. The number of hydrogen-bond donors (Lipinski definition) is 1. The highest BCUT2D eigenvalue weighted by atomic mass is 127. The average Bonchev–Trinajstić information content (AvgIpc) is 3.11. The van der Waals surface area contributed by atoms with E-state index in [1.165, 1.54) is 6.21 Å². The van der Waals surface area contributed by atoms with Crippen LogP contribution in [0.2, 0.25) is 0 Å². The van der Waals surface area contributed by atoms with Gasteiger partial charge in [0.05, 0.1) is 30.6 Å². The maximum Gasteiger partial charge on any atom is 0.307 e. The predicted octanol–water partition coefficient (Wildman–Crippen LogP) is 4.22. The van der Waals surface area contributed by atoms with Crippen LogP contribution in [-0.4, -0.2) is 32.9 Å². The summed E-state index contributed by atoms with van der Waals surface area (Å²) in [6.07, 6.45) is 1.53. The number of rotatable bonds is 7. The number of ether oxygens (including phenoxy) is 3. The Morgan fingerprint density at radius 3 is 2.75 bits per heavy atom. The maximum absolute atomic E-state index is 12.3. The second kappa shape index (κ2) is 8.96. The molecule has 0 fully saturated rings. The largest absolute Gasteiger partial charge is 0.494 e. The van der Waals surface area contributed by atoms with Crippen LogP contribution in [0.4, 0.5) is 0 Å². The van der Waals surface area contributed by atoms with Crippen molar-refractivity contribution in [3.63, 3.8) is 0 Å². The van der Waals surface area contributed by atoms with Gasteiger partial charge < -0.3 is 18.6 Å². The Kier molecular flexibility index (Phi) is 6.40. The van der Waals surface area contributed by atoms with E-state index >= 15 is 0 Å². The summed E-state index contributed by atoms with van der Waals surface area (Å²) < 4.78 is 22.5. The number of nitrogens with one attached hydrogen (secondary N) is 1. The van der Waals surface area contributed by atoms with E-state index in [2.05, 4.69) is 33.1 Å². The van der Waals surface area contributed by atoms with Gasteiger partial charge in [-0.25, -0.2) is 5.43 Å². The zero-order valence-corrected chi connectivity index (χ0v) is 17.8. The minimum absolute atomic E-state index is 0.169. The van der Waals surface area contributed by atoms with E-state index in [9.17, 15) is 4.79 Å². The summed E-state index contributed by atoms with van der Waals surface area (Å²) in [6, 6.07) is 10.7. The number of amides is 1. The van der Waals surface area contributed by atoms with Crippen molar-refractivity contribution in [3.8, 4) is 17.2 Å². The first-order chi connectivity index (χ1) is 13.5. The molecule has 0 radical (unpaired) electrons. The molecule has 3 aromatic rings. The fraction of sp³-hybridized carbons (Fsp3) is 0.200. The third-order valence-electron chi connectivity index (χ3n) is 3.86. The molecule has 0 bridgehead atoms. The van der Waals surface area contributed by atoms with Crippen molar-refractivity contribution in [2.75, 3.05) is 20.8 Å². The number of hydrazone groups is 1. The lowest BCUT2D eigenvalue weighted by Crippen LogP contribution is -2.16. The SMILES string of the molecule is CCOc1ccc2oc(C(=O)N/N=C/c3cc(I)c(OC)c(OC)c3)cc2c1. The number of hydrogen-bond acceptors (Lipinski definition) is 6. The smallest absolute Gasteiger partial charge is 0.307 e. The molecule has 3 rings (SSSR count). The topological polar surface area (TPSA) is 82.3 Å². The maximum atomic E-state index is 12.3. The number of furan rings is 1. The fourth-order valence-corrected chi connectivity index (χ4v) is 3.47. The first-order valence-corrected chi connectivity index (χ1v) is 9.55. The van der Waals surface area contributed by atoms with E-state index in [4.69, 9.17) is 18.6 Å². The first-order valence-electron chi connectivity index (χ1n) is 8.47. The van der Waals surface area contributed by atoms with Crippen molar-refractivity contribution < 1.29 is 23.4 Å². The normalized spacial score (nSPS) is 11.0. The van der Waals surface area contributed by atoms with Crippen LogP contribution in [0, 0.1) is 3.57 Å². The molecule has 146 valence electrons. The van der Waals surface area contributed by atoms with Crippen LogP contribution in [0.25, 0.3) is 11.0 Å². The van der Waals surface area contributed by atoms with Gasteiger partial charge in [0.15, 0.2) is 17.3 Å². The Morgan fingerprint density at radius 1 is 1.21 bits per heavy atom. The number of nitrogens with zero attached hydrogens (tertiary/aromatic N) is 1. The average molecular weight is 494 g/mol. The van der Waals surface area contributed by atoms with Crippen molar-refractivity contribution in [2.45, 2.75) is 6.92 Å². The van der Waals surface area contributed by atoms with E-state index in [0.29, 0.717) is 23.7 Å². The van der Waals surface area contributed by atoms with Gasteiger partial charge in [-0.2, -0.15) is 5.10 Å². The summed E-state index contributed by atoms with van der Waals surface area (Å²) in [5.74, 6) is 1.69. The number of fused-ring (bicyclic) bond motifs is 1. The molecule has 1 N–H and O–H groups in total. The molecule has 2 aromatic carbocycles. The van der Waals surface area contributed by atoms with Crippen molar-refractivity contribution in [1.29, 1.82) is 0 Å². The molecule has 7 nitrogen and oxygen atoms in total. The number of benzene rings is 2. The molecular formula is C20H19IN2O5. The van der Waals surface area contributed by atoms with Crippen molar-refractivity contribution in [3.05, 3.63) is 51.3 Å². The summed E-state index contributed by atoms with van der Waals surface area (Å²) in [4.78, 5) is 12.3. The number of carbonyl (C=O) groups is 1. The fourth-order valence-electron chi connectivity index (χ4n) is 2.62. The van der Waals surface area contributed by atoms with E-state index in [0.717, 1.165) is 20.3 Å². The van der Waals surface area contributed by atoms with Crippen LogP contribution in [-0.2, 0) is 0 Å². The zero-order chi connectivity index (χ0) is 20.1. The van der Waals surface area contributed by atoms with E-state index in [-0.39, 0.29) is 5.76 Å². The van der Waals surface area contributed by atoms with Crippen LogP contribution in [0.3, 0.4) is 0 Å². The van der Waals surface area contributed by atoms with Gasteiger partial charge in [-0.1, -0.05) is 0 Å². The van der Waals surface area contributed by atoms with Crippen molar-refractivity contribution in [2.24, 2.45) is 5.10 Å². The van der Waals surface area contributed by atoms with Crippen LogP contribution >= 0.6 is 22.6 Å². The lowest BCUT2D eigenvalue weighted by atomic mass is 10.2. The molecule has 0 atom stereocenters. The molecule has 0 aliphatic heterocycles. The third kappa shape index (κ3) is 4.38. The van der Waals surface area contributed by atoms with Gasteiger partial charge in [0, 0.05) is 5.39 Å². The second-order valence-corrected chi connectivity index (χ2v) is 6.84. The lowest BCUT2D eigenvalue weighted by molar-refractivity contribution is 0.0929. The highest BCUT2D eigenvalue weighted by Gasteiger charge is 2.13. The third-order valence-corrected chi connectivity index (χ3v) is 4.66. The molecular weight excluding hydrogens is 475 g/mol. The molecule has 0 saturated heterocycles. The Hall–Kier alpha value is -2.75. The minimum atomic E-state index is -0.444. The van der Waals surface area contributed by atoms with Crippen LogP contribution in [0.1, 0.15) is 23.0 Å². The Labute approximate surface area is 175 Å². The molecule has 0 unspecified atom stereocenters. The summed E-state index contributed by atoms with van der Waals surface area (Å²) in [7, 11) is 3.15. The summed E-state index contributed by atoms with van der Waals surface area (Å²) >= 11 is 2.15.